The molecule has 0 spiro atoms. The number of carbonyl (C=O) groups excluding carboxylic acids is 5. The molecule has 0 radical (unpaired) electrons. The van der Waals surface area contributed by atoms with Gasteiger partial charge in [0.05, 0.1) is 28.7 Å². The molecule has 8 nitrogen and oxygen atoms in total. The number of Topliss-reactive ketones (excluding diaryl/α,β-unsaturated/α-hetero) is 1. The zero-order chi connectivity index (χ0) is 31.5. The summed E-state index contributed by atoms with van der Waals surface area (Å²) >= 11 is 0. The van der Waals surface area contributed by atoms with Gasteiger partial charge in [-0.2, -0.15) is 0 Å². The summed E-state index contributed by atoms with van der Waals surface area (Å²) in [6.07, 6.45) is 2.07. The molecule has 4 aromatic rings. The summed E-state index contributed by atoms with van der Waals surface area (Å²) in [5, 5.41) is 0. The average molecular weight is 602 g/mol. The van der Waals surface area contributed by atoms with E-state index in [4.69, 9.17) is 9.47 Å². The second-order valence-electron chi connectivity index (χ2n) is 11.5. The van der Waals surface area contributed by atoms with Crippen LogP contribution in [0, 0.1) is 18.8 Å². The Kier molecular flexibility index (Phi) is 8.38. The molecule has 4 aromatic carbocycles. The van der Waals surface area contributed by atoms with Crippen molar-refractivity contribution < 1.29 is 33.4 Å². The molecule has 1 saturated carbocycles. The lowest BCUT2D eigenvalue weighted by molar-refractivity contribution is -0.122. The second-order valence-corrected chi connectivity index (χ2v) is 11.5. The SMILES string of the molecule is Cc1ccc(C(=O)Oc2ccc(C(=O)COC(=O)c3cccc(N4C(=O)[C@@H]5CC[C@@H](c6ccccc6)C[C@H]5C4=O)c3)cc2)cc1. The fourth-order valence-corrected chi connectivity index (χ4v) is 6.10. The van der Waals surface area contributed by atoms with Gasteiger partial charge in [0.1, 0.15) is 5.75 Å². The molecule has 0 aromatic heterocycles. The van der Waals surface area contributed by atoms with Crippen molar-refractivity contribution in [3.63, 3.8) is 0 Å². The van der Waals surface area contributed by atoms with Crippen LogP contribution in [0.5, 0.6) is 5.75 Å². The molecular weight excluding hydrogens is 570 g/mol. The van der Waals surface area contributed by atoms with Gasteiger partial charge >= 0.3 is 11.9 Å². The largest absolute Gasteiger partial charge is 0.454 e. The highest BCUT2D eigenvalue weighted by atomic mass is 16.5. The van der Waals surface area contributed by atoms with E-state index in [-0.39, 0.29) is 40.5 Å². The fourth-order valence-electron chi connectivity index (χ4n) is 6.10. The average Bonchev–Trinajstić information content (AvgIpc) is 3.32. The van der Waals surface area contributed by atoms with E-state index in [0.29, 0.717) is 24.1 Å². The molecule has 1 aliphatic heterocycles. The van der Waals surface area contributed by atoms with Gasteiger partial charge in [0, 0.05) is 5.56 Å². The maximum absolute atomic E-state index is 13.5. The highest BCUT2D eigenvalue weighted by Crippen LogP contribution is 2.45. The van der Waals surface area contributed by atoms with Crippen LogP contribution in [-0.4, -0.2) is 36.1 Å². The summed E-state index contributed by atoms with van der Waals surface area (Å²) in [6, 6.07) is 29.1. The lowest BCUT2D eigenvalue weighted by atomic mass is 9.73. The number of ether oxygens (including phenoxy) is 2. The number of anilines is 1. The van der Waals surface area contributed by atoms with Crippen LogP contribution in [0.4, 0.5) is 5.69 Å². The van der Waals surface area contributed by atoms with Crippen LogP contribution in [0.15, 0.2) is 103 Å². The Bertz CT molecular complexity index is 1760. The normalized spacial score (nSPS) is 19.1. The standard InChI is InChI=1S/C37H31NO7/c1-23-10-12-26(13-11-23)37(43)45-30-17-14-25(15-18-30)33(39)22-44-36(42)28-8-5-9-29(20-28)38-34(40)31-19-16-27(21-32(31)35(38)41)24-6-3-2-4-7-24/h2-15,17-18,20,27,31-32H,16,19,21-22H2,1H3/t27-,31-,32-/m1/s1. The van der Waals surface area contributed by atoms with E-state index >= 15 is 0 Å². The first-order valence-corrected chi connectivity index (χ1v) is 14.9. The van der Waals surface area contributed by atoms with Crippen molar-refractivity contribution in [3.8, 4) is 5.75 Å². The first kappa shape index (κ1) is 29.7. The van der Waals surface area contributed by atoms with Crippen molar-refractivity contribution >= 4 is 35.2 Å². The zero-order valence-corrected chi connectivity index (χ0v) is 24.7. The Morgan fingerprint density at radius 3 is 2.13 bits per heavy atom. The minimum Gasteiger partial charge on any atom is -0.454 e. The predicted octanol–water partition coefficient (Wildman–Crippen LogP) is 6.33. The molecule has 1 heterocycles. The van der Waals surface area contributed by atoms with Crippen LogP contribution >= 0.6 is 0 Å². The Hall–Kier alpha value is -5.37. The monoisotopic (exact) mass is 601 g/mol. The van der Waals surface area contributed by atoms with Gasteiger partial charge in [0.2, 0.25) is 11.8 Å². The number of benzene rings is 4. The van der Waals surface area contributed by atoms with E-state index in [9.17, 15) is 24.0 Å². The molecule has 226 valence electrons. The predicted molar refractivity (Wildman–Crippen MR) is 166 cm³/mol. The lowest BCUT2D eigenvalue weighted by Gasteiger charge is -2.28. The zero-order valence-electron chi connectivity index (χ0n) is 24.7. The van der Waals surface area contributed by atoms with Crippen LogP contribution in [0.2, 0.25) is 0 Å². The summed E-state index contributed by atoms with van der Waals surface area (Å²) in [5.74, 6) is -2.50. The number of hydrogen-bond acceptors (Lipinski definition) is 7. The number of amides is 2. The third kappa shape index (κ3) is 6.31. The van der Waals surface area contributed by atoms with Crippen LogP contribution in [0.25, 0.3) is 0 Å². The van der Waals surface area contributed by atoms with Crippen molar-refractivity contribution in [2.24, 2.45) is 11.8 Å². The molecular formula is C37H31NO7. The molecule has 2 fully saturated rings. The van der Waals surface area contributed by atoms with Crippen molar-refractivity contribution in [2.75, 3.05) is 11.5 Å². The minimum absolute atomic E-state index is 0.122. The van der Waals surface area contributed by atoms with Gasteiger partial charge in [-0.05, 0) is 92.3 Å². The van der Waals surface area contributed by atoms with Crippen molar-refractivity contribution in [1.82, 2.24) is 0 Å². The molecule has 0 N–H and O–H groups in total. The van der Waals surface area contributed by atoms with E-state index in [1.54, 1.807) is 24.3 Å². The van der Waals surface area contributed by atoms with E-state index in [0.717, 1.165) is 12.0 Å². The van der Waals surface area contributed by atoms with Gasteiger partial charge in [0.25, 0.3) is 0 Å². The number of aryl methyl sites for hydroxylation is 1. The molecule has 2 aliphatic rings. The molecule has 0 bridgehead atoms. The van der Waals surface area contributed by atoms with Gasteiger partial charge in [-0.1, -0.05) is 54.1 Å². The summed E-state index contributed by atoms with van der Waals surface area (Å²) in [7, 11) is 0. The molecule has 2 amide bonds. The summed E-state index contributed by atoms with van der Waals surface area (Å²) in [5.41, 5.74) is 3.31. The third-order valence-corrected chi connectivity index (χ3v) is 8.54. The molecule has 0 unspecified atom stereocenters. The van der Waals surface area contributed by atoms with Gasteiger partial charge in [0.15, 0.2) is 12.4 Å². The maximum atomic E-state index is 13.5. The number of imide groups is 1. The summed E-state index contributed by atoms with van der Waals surface area (Å²) in [6.45, 7) is 1.40. The summed E-state index contributed by atoms with van der Waals surface area (Å²) < 4.78 is 10.6. The van der Waals surface area contributed by atoms with Crippen LogP contribution in [-0.2, 0) is 14.3 Å². The van der Waals surface area contributed by atoms with E-state index < -0.39 is 30.2 Å². The number of ketones is 1. The number of rotatable bonds is 8. The van der Waals surface area contributed by atoms with Crippen LogP contribution < -0.4 is 9.64 Å². The molecule has 1 saturated heterocycles. The Morgan fingerprint density at radius 2 is 1.40 bits per heavy atom. The fraction of sp³-hybridized carbons (Fsp3) is 0.216. The minimum atomic E-state index is -0.755. The first-order valence-electron chi connectivity index (χ1n) is 14.9. The smallest absolute Gasteiger partial charge is 0.343 e. The van der Waals surface area contributed by atoms with Crippen molar-refractivity contribution in [3.05, 3.63) is 131 Å². The summed E-state index contributed by atoms with van der Waals surface area (Å²) in [4.78, 5) is 65.9. The van der Waals surface area contributed by atoms with Gasteiger partial charge in [-0.25, -0.2) is 9.59 Å². The van der Waals surface area contributed by atoms with Crippen LogP contribution in [0.1, 0.15) is 67.4 Å². The molecule has 6 rings (SSSR count). The van der Waals surface area contributed by atoms with Gasteiger partial charge < -0.3 is 9.47 Å². The van der Waals surface area contributed by atoms with E-state index in [1.165, 1.54) is 46.9 Å². The Balaban J connectivity index is 1.06. The van der Waals surface area contributed by atoms with Crippen molar-refractivity contribution in [2.45, 2.75) is 32.1 Å². The van der Waals surface area contributed by atoms with Gasteiger partial charge in [-0.3, -0.25) is 19.3 Å². The van der Waals surface area contributed by atoms with E-state index in [2.05, 4.69) is 12.1 Å². The molecule has 45 heavy (non-hydrogen) atoms. The molecule has 3 atom stereocenters. The highest BCUT2D eigenvalue weighted by Gasteiger charge is 2.50. The Labute approximate surface area is 260 Å². The highest BCUT2D eigenvalue weighted by molar-refractivity contribution is 6.22. The van der Waals surface area contributed by atoms with Crippen molar-refractivity contribution in [1.29, 1.82) is 0 Å². The topological polar surface area (TPSA) is 107 Å². The quantitative estimate of drug-likeness (QED) is 0.101. The number of esters is 2. The maximum Gasteiger partial charge on any atom is 0.343 e. The van der Waals surface area contributed by atoms with Gasteiger partial charge in [-0.15, -0.1) is 0 Å². The number of hydrogen-bond donors (Lipinski definition) is 0. The third-order valence-electron chi connectivity index (χ3n) is 8.54. The molecule has 8 heteroatoms. The van der Waals surface area contributed by atoms with Crippen LogP contribution in [0.3, 0.4) is 0 Å². The number of carbonyl (C=O) groups is 5. The number of fused-ring (bicyclic) bond motifs is 1. The lowest BCUT2D eigenvalue weighted by Crippen LogP contribution is -2.31. The first-order chi connectivity index (χ1) is 21.8. The van der Waals surface area contributed by atoms with E-state index in [1.807, 2.05) is 37.3 Å². The Morgan fingerprint density at radius 1 is 0.711 bits per heavy atom. The second kappa shape index (κ2) is 12.7. The molecule has 1 aliphatic carbocycles. The number of nitrogens with zero attached hydrogens (tertiary/aromatic N) is 1.